The number of hydrogen-bond acceptors (Lipinski definition) is 2. The van der Waals surface area contributed by atoms with Crippen LogP contribution in [0.25, 0.3) is 0 Å². The quantitative estimate of drug-likeness (QED) is 0.661. The van der Waals surface area contributed by atoms with Gasteiger partial charge >= 0.3 is 0 Å². The van der Waals surface area contributed by atoms with E-state index in [1.807, 2.05) is 0 Å². The zero-order chi connectivity index (χ0) is 9.56. The van der Waals surface area contributed by atoms with Gasteiger partial charge in [0.15, 0.2) is 0 Å². The fourth-order valence-electron chi connectivity index (χ4n) is 1.30. The van der Waals surface area contributed by atoms with E-state index in [1.54, 1.807) is 0 Å². The zero-order valence-corrected chi connectivity index (χ0v) is 9.01. The van der Waals surface area contributed by atoms with Crippen molar-refractivity contribution in [1.82, 2.24) is 4.90 Å². The molecule has 0 saturated heterocycles. The van der Waals surface area contributed by atoms with Gasteiger partial charge in [-0.05, 0) is 19.4 Å². The van der Waals surface area contributed by atoms with E-state index in [0.29, 0.717) is 6.04 Å². The van der Waals surface area contributed by atoms with E-state index in [2.05, 4.69) is 32.6 Å². The summed E-state index contributed by atoms with van der Waals surface area (Å²) in [7, 11) is 0. The Morgan fingerprint density at radius 3 is 2.17 bits per heavy atom. The maximum atomic E-state index is 5.62. The predicted octanol–water partition coefficient (Wildman–Crippen LogP) is 1.70. The van der Waals surface area contributed by atoms with Gasteiger partial charge in [0.05, 0.1) is 0 Å². The minimum Gasteiger partial charge on any atom is -0.329 e. The molecule has 0 fully saturated rings. The summed E-state index contributed by atoms with van der Waals surface area (Å²) < 4.78 is 0. The van der Waals surface area contributed by atoms with Crippen molar-refractivity contribution in [2.45, 2.75) is 40.2 Å². The molecule has 2 atom stereocenters. The first-order valence-electron chi connectivity index (χ1n) is 5.09. The van der Waals surface area contributed by atoms with Crippen molar-refractivity contribution in [1.29, 1.82) is 0 Å². The predicted molar refractivity (Wildman–Crippen MR) is 55.2 cm³/mol. The lowest BCUT2D eigenvalue weighted by molar-refractivity contribution is 0.193. The van der Waals surface area contributed by atoms with Gasteiger partial charge in [-0.15, -0.1) is 0 Å². The molecule has 2 N–H and O–H groups in total. The number of nitrogens with zero attached hydrogens (tertiary/aromatic N) is 1. The highest BCUT2D eigenvalue weighted by atomic mass is 15.2. The molecule has 0 saturated carbocycles. The molecule has 0 aliphatic carbocycles. The Morgan fingerprint density at radius 2 is 1.83 bits per heavy atom. The molecule has 0 aliphatic rings. The second-order valence-corrected chi connectivity index (χ2v) is 3.69. The van der Waals surface area contributed by atoms with Crippen LogP contribution in [0.3, 0.4) is 0 Å². The molecule has 2 heteroatoms. The van der Waals surface area contributed by atoms with Gasteiger partial charge in [0.1, 0.15) is 0 Å². The molecule has 0 aromatic rings. The van der Waals surface area contributed by atoms with Crippen LogP contribution in [-0.4, -0.2) is 30.6 Å². The molecule has 0 aliphatic heterocycles. The summed E-state index contributed by atoms with van der Waals surface area (Å²) in [5.41, 5.74) is 5.62. The molecular weight excluding hydrogens is 148 g/mol. The normalized spacial score (nSPS) is 16.5. The highest BCUT2D eigenvalue weighted by Gasteiger charge is 2.12. The molecule has 2 nitrogen and oxygen atoms in total. The molecule has 0 aromatic carbocycles. The third kappa shape index (κ3) is 4.07. The van der Waals surface area contributed by atoms with Crippen molar-refractivity contribution >= 4 is 0 Å². The highest BCUT2D eigenvalue weighted by Crippen LogP contribution is 2.06. The Morgan fingerprint density at radius 1 is 1.25 bits per heavy atom. The number of hydrogen-bond donors (Lipinski definition) is 1. The second-order valence-electron chi connectivity index (χ2n) is 3.69. The van der Waals surface area contributed by atoms with E-state index in [4.69, 9.17) is 5.73 Å². The molecule has 12 heavy (non-hydrogen) atoms. The standard InChI is InChI=1S/C10H24N2/c1-5-9(3)8-12(6-2)10(4)7-11/h9-10H,5-8,11H2,1-4H3. The molecule has 0 amide bonds. The molecule has 0 rings (SSSR count). The summed E-state index contributed by atoms with van der Waals surface area (Å²) in [6, 6.07) is 0.531. The van der Waals surface area contributed by atoms with Gasteiger partial charge in [0.2, 0.25) is 0 Å². The first-order chi connectivity index (χ1) is 5.65. The first-order valence-corrected chi connectivity index (χ1v) is 5.09. The summed E-state index contributed by atoms with van der Waals surface area (Å²) in [6.45, 7) is 12.0. The van der Waals surface area contributed by atoms with Crippen LogP contribution in [0.1, 0.15) is 34.1 Å². The summed E-state index contributed by atoms with van der Waals surface area (Å²) in [5.74, 6) is 0.791. The lowest BCUT2D eigenvalue weighted by Gasteiger charge is -2.29. The van der Waals surface area contributed by atoms with Gasteiger partial charge < -0.3 is 5.73 Å². The number of likely N-dealkylation sites (N-methyl/N-ethyl adjacent to an activating group) is 1. The van der Waals surface area contributed by atoms with Crippen molar-refractivity contribution in [2.75, 3.05) is 19.6 Å². The minimum absolute atomic E-state index is 0.531. The molecule has 0 spiro atoms. The van der Waals surface area contributed by atoms with Crippen LogP contribution in [0.2, 0.25) is 0 Å². The first kappa shape index (κ1) is 11.9. The van der Waals surface area contributed by atoms with Crippen LogP contribution in [0.5, 0.6) is 0 Å². The Bertz CT molecular complexity index is 104. The Kier molecular flexibility index (Phi) is 6.39. The second kappa shape index (κ2) is 6.44. The maximum Gasteiger partial charge on any atom is 0.0190 e. The van der Waals surface area contributed by atoms with Gasteiger partial charge in [0.25, 0.3) is 0 Å². The van der Waals surface area contributed by atoms with Crippen molar-refractivity contribution in [2.24, 2.45) is 11.7 Å². The van der Waals surface area contributed by atoms with Crippen molar-refractivity contribution in [3.8, 4) is 0 Å². The average molecular weight is 172 g/mol. The summed E-state index contributed by atoms with van der Waals surface area (Å²) in [4.78, 5) is 2.45. The summed E-state index contributed by atoms with van der Waals surface area (Å²) in [6.07, 6.45) is 1.26. The molecule has 0 heterocycles. The largest absolute Gasteiger partial charge is 0.329 e. The van der Waals surface area contributed by atoms with Crippen LogP contribution in [0, 0.1) is 5.92 Å². The van der Waals surface area contributed by atoms with Gasteiger partial charge in [0, 0.05) is 19.1 Å². The van der Waals surface area contributed by atoms with Crippen molar-refractivity contribution in [3.63, 3.8) is 0 Å². The molecule has 2 unspecified atom stereocenters. The van der Waals surface area contributed by atoms with E-state index in [-0.39, 0.29) is 0 Å². The van der Waals surface area contributed by atoms with E-state index >= 15 is 0 Å². The summed E-state index contributed by atoms with van der Waals surface area (Å²) >= 11 is 0. The number of nitrogens with two attached hydrogens (primary N) is 1. The highest BCUT2D eigenvalue weighted by molar-refractivity contribution is 4.68. The fraction of sp³-hybridized carbons (Fsp3) is 1.00. The van der Waals surface area contributed by atoms with Crippen LogP contribution in [0.4, 0.5) is 0 Å². The lowest BCUT2D eigenvalue weighted by Crippen LogP contribution is -2.40. The average Bonchev–Trinajstić information content (AvgIpc) is 2.12. The maximum absolute atomic E-state index is 5.62. The molecule has 0 bridgehead atoms. The lowest BCUT2D eigenvalue weighted by atomic mass is 10.1. The van der Waals surface area contributed by atoms with Gasteiger partial charge in [-0.2, -0.15) is 0 Å². The van der Waals surface area contributed by atoms with E-state index in [0.717, 1.165) is 19.0 Å². The minimum atomic E-state index is 0.531. The third-order valence-electron chi connectivity index (χ3n) is 2.61. The third-order valence-corrected chi connectivity index (χ3v) is 2.61. The molecule has 74 valence electrons. The smallest absolute Gasteiger partial charge is 0.0190 e. The van der Waals surface area contributed by atoms with Crippen LogP contribution >= 0.6 is 0 Å². The van der Waals surface area contributed by atoms with Crippen LogP contribution in [-0.2, 0) is 0 Å². The van der Waals surface area contributed by atoms with Gasteiger partial charge in [-0.3, -0.25) is 4.90 Å². The van der Waals surface area contributed by atoms with Crippen LogP contribution in [0.15, 0.2) is 0 Å². The number of rotatable bonds is 6. The topological polar surface area (TPSA) is 29.3 Å². The van der Waals surface area contributed by atoms with E-state index in [9.17, 15) is 0 Å². The Balaban J connectivity index is 3.81. The van der Waals surface area contributed by atoms with Gasteiger partial charge in [-0.25, -0.2) is 0 Å². The van der Waals surface area contributed by atoms with E-state index < -0.39 is 0 Å². The van der Waals surface area contributed by atoms with Crippen molar-refractivity contribution in [3.05, 3.63) is 0 Å². The molecule has 0 radical (unpaired) electrons. The zero-order valence-electron chi connectivity index (χ0n) is 9.01. The Hall–Kier alpha value is -0.0800. The SMILES string of the molecule is CCC(C)CN(CC)C(C)CN. The monoisotopic (exact) mass is 172 g/mol. The van der Waals surface area contributed by atoms with Crippen molar-refractivity contribution < 1.29 is 0 Å². The Labute approximate surface area is 77.1 Å². The van der Waals surface area contributed by atoms with Crippen LogP contribution < -0.4 is 5.73 Å². The van der Waals surface area contributed by atoms with Gasteiger partial charge in [-0.1, -0.05) is 27.2 Å². The molecule has 0 aromatic heterocycles. The molecular formula is C10H24N2. The fourth-order valence-corrected chi connectivity index (χ4v) is 1.30. The van der Waals surface area contributed by atoms with E-state index in [1.165, 1.54) is 13.0 Å². The summed E-state index contributed by atoms with van der Waals surface area (Å²) in [5, 5.41) is 0.